The molecule has 7 heteroatoms. The number of hydrogen-bond acceptors (Lipinski definition) is 5. The van der Waals surface area contributed by atoms with Crippen molar-refractivity contribution in [3.8, 4) is 11.5 Å². The van der Waals surface area contributed by atoms with E-state index in [1.54, 1.807) is 11.3 Å². The first-order chi connectivity index (χ1) is 13.8. The second kappa shape index (κ2) is 8.84. The van der Waals surface area contributed by atoms with Gasteiger partial charge in [0.1, 0.15) is 0 Å². The highest BCUT2D eigenvalue weighted by Crippen LogP contribution is 2.40. The third-order valence-electron chi connectivity index (χ3n) is 5.50. The quantitative estimate of drug-likeness (QED) is 0.576. The van der Waals surface area contributed by atoms with Crippen LogP contribution in [0.15, 0.2) is 40.7 Å². The Kier molecular flexibility index (Phi) is 6.02. The van der Waals surface area contributed by atoms with Gasteiger partial charge in [-0.3, -0.25) is 4.99 Å². The predicted octanol–water partition coefficient (Wildman–Crippen LogP) is 2.93. The number of hydrogen-bond donors (Lipinski definition) is 2. The van der Waals surface area contributed by atoms with E-state index >= 15 is 0 Å². The number of ether oxygens (including phenoxy) is 3. The molecule has 0 aliphatic carbocycles. The third kappa shape index (κ3) is 4.25. The minimum Gasteiger partial charge on any atom is -0.454 e. The van der Waals surface area contributed by atoms with Crippen LogP contribution >= 0.6 is 11.3 Å². The molecular weight excluding hydrogens is 374 g/mol. The zero-order chi connectivity index (χ0) is 19.2. The fourth-order valence-electron chi connectivity index (χ4n) is 3.79. The lowest BCUT2D eigenvalue weighted by atomic mass is 9.74. The molecule has 0 saturated carbocycles. The summed E-state index contributed by atoms with van der Waals surface area (Å²) in [7, 11) is 1.82. The fraction of sp³-hybridized carbons (Fsp3) is 0.476. The number of thiophene rings is 1. The summed E-state index contributed by atoms with van der Waals surface area (Å²) in [5, 5.41) is 9.08. The fourth-order valence-corrected chi connectivity index (χ4v) is 4.50. The highest BCUT2D eigenvalue weighted by Gasteiger charge is 2.35. The zero-order valence-electron chi connectivity index (χ0n) is 16.2. The summed E-state index contributed by atoms with van der Waals surface area (Å²) < 4.78 is 16.7. The van der Waals surface area contributed by atoms with Crippen LogP contribution in [0.4, 0.5) is 0 Å². The Morgan fingerprint density at radius 3 is 2.79 bits per heavy atom. The third-order valence-corrected chi connectivity index (χ3v) is 6.43. The second-order valence-corrected chi connectivity index (χ2v) is 8.17. The molecule has 2 aliphatic heterocycles. The van der Waals surface area contributed by atoms with Crippen LogP contribution in [-0.4, -0.2) is 46.1 Å². The van der Waals surface area contributed by atoms with Gasteiger partial charge in [0, 0.05) is 43.6 Å². The van der Waals surface area contributed by atoms with Gasteiger partial charge in [-0.1, -0.05) is 12.1 Å². The van der Waals surface area contributed by atoms with Crippen LogP contribution in [0, 0.1) is 0 Å². The Balaban J connectivity index is 1.41. The number of aliphatic imine (C=N–C) groups is 1. The van der Waals surface area contributed by atoms with E-state index in [1.807, 2.05) is 13.1 Å². The Bertz CT molecular complexity index is 801. The van der Waals surface area contributed by atoms with Gasteiger partial charge in [-0.15, -0.1) is 11.3 Å². The first-order valence-corrected chi connectivity index (χ1v) is 10.6. The summed E-state index contributed by atoms with van der Waals surface area (Å²) in [6.45, 7) is 3.49. The number of rotatable bonds is 6. The summed E-state index contributed by atoms with van der Waals surface area (Å²) >= 11 is 1.79. The average Bonchev–Trinajstić information content (AvgIpc) is 3.42. The Morgan fingerprint density at radius 1 is 1.14 bits per heavy atom. The van der Waals surface area contributed by atoms with Crippen LogP contribution in [0.3, 0.4) is 0 Å². The number of fused-ring (bicyclic) bond motifs is 1. The first kappa shape index (κ1) is 19.1. The van der Waals surface area contributed by atoms with E-state index in [2.05, 4.69) is 45.3 Å². The van der Waals surface area contributed by atoms with E-state index < -0.39 is 0 Å². The summed E-state index contributed by atoms with van der Waals surface area (Å²) in [6, 6.07) is 10.6. The summed E-state index contributed by atoms with van der Waals surface area (Å²) in [4.78, 5) is 5.77. The van der Waals surface area contributed by atoms with Crippen molar-refractivity contribution >= 4 is 17.3 Å². The van der Waals surface area contributed by atoms with Crippen LogP contribution < -0.4 is 20.1 Å². The van der Waals surface area contributed by atoms with Crippen molar-refractivity contribution in [1.29, 1.82) is 0 Å². The van der Waals surface area contributed by atoms with Gasteiger partial charge < -0.3 is 24.8 Å². The number of nitrogens with one attached hydrogen (secondary N) is 2. The molecule has 0 bridgehead atoms. The van der Waals surface area contributed by atoms with E-state index in [0.717, 1.165) is 63.0 Å². The molecule has 0 unspecified atom stereocenters. The van der Waals surface area contributed by atoms with Gasteiger partial charge in [-0.25, -0.2) is 0 Å². The lowest BCUT2D eigenvalue weighted by molar-refractivity contribution is 0.0513. The molecule has 6 nitrogen and oxygen atoms in total. The number of guanidine groups is 1. The lowest BCUT2D eigenvalue weighted by Gasteiger charge is -2.38. The molecule has 0 amide bonds. The van der Waals surface area contributed by atoms with Crippen molar-refractivity contribution in [2.75, 3.05) is 40.1 Å². The van der Waals surface area contributed by atoms with Gasteiger partial charge in [0.25, 0.3) is 0 Å². The predicted molar refractivity (Wildman–Crippen MR) is 112 cm³/mol. The van der Waals surface area contributed by atoms with E-state index in [9.17, 15) is 0 Å². The molecule has 2 N–H and O–H groups in total. The molecule has 1 saturated heterocycles. The van der Waals surface area contributed by atoms with Crippen molar-refractivity contribution in [2.24, 2.45) is 4.99 Å². The first-order valence-electron chi connectivity index (χ1n) is 9.74. The zero-order valence-corrected chi connectivity index (χ0v) is 17.0. The molecule has 0 spiro atoms. The molecule has 2 aliphatic rings. The number of nitrogens with zero attached hydrogens (tertiary/aromatic N) is 1. The summed E-state index contributed by atoms with van der Waals surface area (Å²) in [5.74, 6) is 2.50. The Hall–Kier alpha value is -2.25. The van der Waals surface area contributed by atoms with E-state index in [4.69, 9.17) is 14.2 Å². The molecule has 150 valence electrons. The maximum atomic E-state index is 5.65. The Morgan fingerprint density at radius 2 is 2.00 bits per heavy atom. The summed E-state index contributed by atoms with van der Waals surface area (Å²) in [5.41, 5.74) is 1.26. The van der Waals surface area contributed by atoms with E-state index in [0.29, 0.717) is 6.79 Å². The molecular formula is C21H27N3O3S. The van der Waals surface area contributed by atoms with Gasteiger partial charge in [0.05, 0.1) is 0 Å². The second-order valence-electron chi connectivity index (χ2n) is 7.14. The molecule has 0 radical (unpaired) electrons. The normalized spacial score (nSPS) is 18.1. The van der Waals surface area contributed by atoms with Crippen LogP contribution in [-0.2, 0) is 16.6 Å². The van der Waals surface area contributed by atoms with Crippen LogP contribution in [0.2, 0.25) is 0 Å². The van der Waals surface area contributed by atoms with Crippen molar-refractivity contribution in [3.05, 3.63) is 46.2 Å². The minimum absolute atomic E-state index is 0.00932. The smallest absolute Gasteiger partial charge is 0.231 e. The Labute approximate surface area is 169 Å². The maximum Gasteiger partial charge on any atom is 0.231 e. The SMILES string of the molecule is CN=C(NCCc1cccs1)NCC1(c2ccc3c(c2)OCO3)CCOCC1. The van der Waals surface area contributed by atoms with E-state index in [-0.39, 0.29) is 5.41 Å². The van der Waals surface area contributed by atoms with E-state index in [1.165, 1.54) is 10.4 Å². The van der Waals surface area contributed by atoms with Crippen molar-refractivity contribution in [2.45, 2.75) is 24.7 Å². The number of benzene rings is 1. The molecule has 0 atom stereocenters. The van der Waals surface area contributed by atoms with Crippen molar-refractivity contribution < 1.29 is 14.2 Å². The highest BCUT2D eigenvalue weighted by molar-refractivity contribution is 7.09. The van der Waals surface area contributed by atoms with Gasteiger partial charge >= 0.3 is 0 Å². The van der Waals surface area contributed by atoms with Gasteiger partial charge in [-0.05, 0) is 48.4 Å². The topological polar surface area (TPSA) is 64.1 Å². The lowest BCUT2D eigenvalue weighted by Crippen LogP contribution is -2.48. The van der Waals surface area contributed by atoms with Crippen molar-refractivity contribution in [1.82, 2.24) is 10.6 Å². The maximum absolute atomic E-state index is 5.65. The largest absolute Gasteiger partial charge is 0.454 e. The standard InChI is InChI=1S/C21H27N3O3S/c1-22-20(23-9-6-17-3-2-12-28-17)24-14-21(7-10-25-11-8-21)16-4-5-18-19(13-16)27-15-26-18/h2-5,12-13H,6-11,14-15H2,1H3,(H2,22,23,24). The molecule has 1 aromatic heterocycles. The summed E-state index contributed by atoms with van der Waals surface area (Å²) in [6.07, 6.45) is 2.93. The average molecular weight is 402 g/mol. The monoisotopic (exact) mass is 401 g/mol. The van der Waals surface area contributed by atoms with Crippen molar-refractivity contribution in [3.63, 3.8) is 0 Å². The van der Waals surface area contributed by atoms with Gasteiger partial charge in [-0.2, -0.15) is 0 Å². The van der Waals surface area contributed by atoms with Crippen LogP contribution in [0.1, 0.15) is 23.3 Å². The molecule has 3 heterocycles. The molecule has 4 rings (SSSR count). The van der Waals surface area contributed by atoms with Gasteiger partial charge in [0.15, 0.2) is 17.5 Å². The molecule has 28 heavy (non-hydrogen) atoms. The highest BCUT2D eigenvalue weighted by atomic mass is 32.1. The van der Waals surface area contributed by atoms with Crippen LogP contribution in [0.25, 0.3) is 0 Å². The van der Waals surface area contributed by atoms with Gasteiger partial charge in [0.2, 0.25) is 6.79 Å². The van der Waals surface area contributed by atoms with Crippen LogP contribution in [0.5, 0.6) is 11.5 Å². The molecule has 1 aromatic carbocycles. The molecule has 2 aromatic rings. The molecule has 1 fully saturated rings. The minimum atomic E-state index is -0.00932.